The van der Waals surface area contributed by atoms with Gasteiger partial charge >= 0.3 is 17.9 Å². The third-order valence-electron chi connectivity index (χ3n) is 4.32. The summed E-state index contributed by atoms with van der Waals surface area (Å²) in [5.74, 6) is -4.32. The van der Waals surface area contributed by atoms with E-state index in [1.165, 1.54) is 19.3 Å². The van der Waals surface area contributed by atoms with Crippen molar-refractivity contribution in [3.05, 3.63) is 0 Å². The molecule has 0 aromatic carbocycles. The lowest BCUT2D eigenvalue weighted by molar-refractivity contribution is -0.159. The highest BCUT2D eigenvalue weighted by Crippen LogP contribution is 2.52. The van der Waals surface area contributed by atoms with Crippen molar-refractivity contribution in [3.63, 3.8) is 0 Å². The van der Waals surface area contributed by atoms with Crippen LogP contribution in [0.4, 0.5) is 0 Å². The monoisotopic (exact) mass is 315 g/mol. The Balaban J connectivity index is 0.000000346. The largest absolute Gasteiger partial charge is 0.481 e. The summed E-state index contributed by atoms with van der Waals surface area (Å²) in [6.45, 7) is 8.87. The number of likely N-dealkylation sites (tertiary alicyclic amines) is 1. The number of rotatable bonds is 3. The SMILES string of the molecule is CC1(C)CC2CC(C)(CN2CCC(=O)O)C1.O=C(O)C(=O)O. The van der Waals surface area contributed by atoms with Gasteiger partial charge in [-0.25, -0.2) is 9.59 Å². The number of aliphatic carboxylic acids is 3. The third kappa shape index (κ3) is 5.29. The molecular weight excluding hydrogens is 290 g/mol. The Labute approximate surface area is 129 Å². The number of hydrogen-bond donors (Lipinski definition) is 3. The number of carbonyl (C=O) groups is 3. The maximum atomic E-state index is 10.6. The second-order valence-corrected chi connectivity index (χ2v) is 7.44. The van der Waals surface area contributed by atoms with Crippen molar-refractivity contribution >= 4 is 17.9 Å². The summed E-state index contributed by atoms with van der Waals surface area (Å²) in [5, 5.41) is 23.5. The number of carboxylic acids is 3. The van der Waals surface area contributed by atoms with Gasteiger partial charge in [-0.3, -0.25) is 9.69 Å². The molecule has 0 aromatic rings. The molecule has 1 aliphatic heterocycles. The van der Waals surface area contributed by atoms with Gasteiger partial charge in [0.15, 0.2) is 0 Å². The summed E-state index contributed by atoms with van der Waals surface area (Å²) < 4.78 is 0. The zero-order valence-corrected chi connectivity index (χ0v) is 13.3. The lowest BCUT2D eigenvalue weighted by Gasteiger charge is -2.39. The molecule has 1 aliphatic carbocycles. The molecule has 1 heterocycles. The molecule has 0 spiro atoms. The van der Waals surface area contributed by atoms with Crippen LogP contribution in [0.1, 0.15) is 46.5 Å². The van der Waals surface area contributed by atoms with E-state index in [2.05, 4.69) is 25.7 Å². The molecule has 2 atom stereocenters. The minimum Gasteiger partial charge on any atom is -0.481 e. The fourth-order valence-corrected chi connectivity index (χ4v) is 4.08. The van der Waals surface area contributed by atoms with Crippen LogP contribution in [-0.2, 0) is 14.4 Å². The maximum Gasteiger partial charge on any atom is 0.414 e. The van der Waals surface area contributed by atoms with Gasteiger partial charge in [-0.1, -0.05) is 20.8 Å². The molecule has 3 N–H and O–H groups in total. The van der Waals surface area contributed by atoms with Crippen LogP contribution >= 0.6 is 0 Å². The Kier molecular flexibility index (Phi) is 5.56. The van der Waals surface area contributed by atoms with Gasteiger partial charge in [-0.15, -0.1) is 0 Å². The molecule has 2 unspecified atom stereocenters. The smallest absolute Gasteiger partial charge is 0.414 e. The maximum absolute atomic E-state index is 10.6. The number of fused-ring (bicyclic) bond motifs is 2. The molecule has 22 heavy (non-hydrogen) atoms. The zero-order chi connectivity index (χ0) is 17.1. The molecule has 2 fully saturated rings. The van der Waals surface area contributed by atoms with Crippen molar-refractivity contribution < 1.29 is 29.7 Å². The third-order valence-corrected chi connectivity index (χ3v) is 4.32. The van der Waals surface area contributed by atoms with Gasteiger partial charge in [0.1, 0.15) is 0 Å². The number of hydrogen-bond acceptors (Lipinski definition) is 4. The summed E-state index contributed by atoms with van der Waals surface area (Å²) >= 11 is 0. The van der Waals surface area contributed by atoms with Crippen LogP contribution in [0.15, 0.2) is 0 Å². The molecule has 0 aromatic heterocycles. The van der Waals surface area contributed by atoms with Crippen LogP contribution in [0.25, 0.3) is 0 Å². The first-order valence-electron chi connectivity index (χ1n) is 7.36. The van der Waals surface area contributed by atoms with Gasteiger partial charge in [0, 0.05) is 19.1 Å². The summed E-state index contributed by atoms with van der Waals surface area (Å²) in [6.07, 6.45) is 4.05. The van der Waals surface area contributed by atoms with Crippen LogP contribution < -0.4 is 0 Å². The van der Waals surface area contributed by atoms with Crippen molar-refractivity contribution in [1.29, 1.82) is 0 Å². The zero-order valence-electron chi connectivity index (χ0n) is 13.3. The van der Waals surface area contributed by atoms with Crippen LogP contribution in [0.2, 0.25) is 0 Å². The van der Waals surface area contributed by atoms with Gasteiger partial charge in [0.05, 0.1) is 6.42 Å². The predicted octanol–water partition coefficient (Wildman–Crippen LogP) is 1.52. The minimum absolute atomic E-state index is 0.285. The van der Waals surface area contributed by atoms with Gasteiger partial charge < -0.3 is 15.3 Å². The lowest BCUT2D eigenvalue weighted by Crippen LogP contribution is -2.35. The second-order valence-electron chi connectivity index (χ2n) is 7.44. The summed E-state index contributed by atoms with van der Waals surface area (Å²) in [4.78, 5) is 31.2. The van der Waals surface area contributed by atoms with Crippen molar-refractivity contribution in [2.24, 2.45) is 10.8 Å². The summed E-state index contributed by atoms with van der Waals surface area (Å²) in [7, 11) is 0. The van der Waals surface area contributed by atoms with E-state index in [0.717, 1.165) is 13.1 Å². The quantitative estimate of drug-likeness (QED) is 0.676. The number of nitrogens with zero attached hydrogens (tertiary/aromatic N) is 1. The van der Waals surface area contributed by atoms with Crippen LogP contribution in [0.3, 0.4) is 0 Å². The Hall–Kier alpha value is -1.63. The molecule has 126 valence electrons. The Bertz CT molecular complexity index is 449. The fourth-order valence-electron chi connectivity index (χ4n) is 4.08. The van der Waals surface area contributed by atoms with E-state index in [1.54, 1.807) is 0 Å². The van der Waals surface area contributed by atoms with E-state index in [-0.39, 0.29) is 6.42 Å². The molecule has 2 rings (SSSR count). The van der Waals surface area contributed by atoms with E-state index in [1.807, 2.05) is 0 Å². The van der Waals surface area contributed by atoms with E-state index in [0.29, 0.717) is 16.9 Å². The van der Waals surface area contributed by atoms with E-state index < -0.39 is 17.9 Å². The Morgan fingerprint density at radius 3 is 2.05 bits per heavy atom. The molecule has 1 saturated carbocycles. The average molecular weight is 315 g/mol. The molecular formula is C15H25NO6. The normalized spacial score (nSPS) is 29.3. The predicted molar refractivity (Wildman–Crippen MR) is 78.6 cm³/mol. The van der Waals surface area contributed by atoms with Gasteiger partial charge in [0.25, 0.3) is 0 Å². The molecule has 7 heteroatoms. The first-order chi connectivity index (χ1) is 9.94. The second kappa shape index (κ2) is 6.64. The molecule has 2 aliphatic rings. The van der Waals surface area contributed by atoms with Gasteiger partial charge in [0.2, 0.25) is 0 Å². The van der Waals surface area contributed by atoms with Crippen LogP contribution in [0, 0.1) is 10.8 Å². The first kappa shape index (κ1) is 18.4. The fraction of sp³-hybridized carbons (Fsp3) is 0.800. The first-order valence-corrected chi connectivity index (χ1v) is 7.36. The molecule has 0 amide bonds. The topological polar surface area (TPSA) is 115 Å². The van der Waals surface area contributed by atoms with E-state index in [9.17, 15) is 4.79 Å². The van der Waals surface area contributed by atoms with Crippen molar-refractivity contribution in [2.45, 2.75) is 52.5 Å². The van der Waals surface area contributed by atoms with Gasteiger partial charge in [-0.05, 0) is 30.1 Å². The van der Waals surface area contributed by atoms with E-state index in [4.69, 9.17) is 24.9 Å². The molecule has 2 bridgehead atoms. The summed E-state index contributed by atoms with van der Waals surface area (Å²) in [6, 6.07) is 0.619. The summed E-state index contributed by atoms with van der Waals surface area (Å²) in [5.41, 5.74) is 0.848. The average Bonchev–Trinajstić information content (AvgIpc) is 2.56. The molecule has 1 saturated heterocycles. The molecule has 0 radical (unpaired) electrons. The lowest BCUT2D eigenvalue weighted by atomic mass is 9.65. The van der Waals surface area contributed by atoms with Crippen molar-refractivity contribution in [2.75, 3.05) is 13.1 Å². The highest BCUT2D eigenvalue weighted by Gasteiger charge is 2.49. The van der Waals surface area contributed by atoms with E-state index >= 15 is 0 Å². The van der Waals surface area contributed by atoms with Gasteiger partial charge in [-0.2, -0.15) is 0 Å². The minimum atomic E-state index is -1.82. The van der Waals surface area contributed by atoms with Crippen LogP contribution in [-0.4, -0.2) is 57.3 Å². The van der Waals surface area contributed by atoms with Crippen molar-refractivity contribution in [3.8, 4) is 0 Å². The molecule has 7 nitrogen and oxygen atoms in total. The Morgan fingerprint density at radius 1 is 1.05 bits per heavy atom. The Morgan fingerprint density at radius 2 is 1.59 bits per heavy atom. The highest BCUT2D eigenvalue weighted by atomic mass is 16.4. The standard InChI is InChI=1S/C13H23NO2.C2H2O4/c1-12(2)6-10-7-13(3,8-12)9-14(10)5-4-11(15)16;3-1(4)2(5)6/h10H,4-9H2,1-3H3,(H,15,16);(H,3,4)(H,5,6). The van der Waals surface area contributed by atoms with Crippen LogP contribution in [0.5, 0.6) is 0 Å². The highest BCUT2D eigenvalue weighted by molar-refractivity contribution is 6.27. The van der Waals surface area contributed by atoms with Crippen molar-refractivity contribution in [1.82, 2.24) is 4.90 Å². The number of carboxylic acid groups (broad SMARTS) is 3.